The minimum atomic E-state index is -4.76. The van der Waals surface area contributed by atoms with Crippen LogP contribution in [0.5, 0.6) is 11.5 Å². The molecule has 0 bridgehead atoms. The van der Waals surface area contributed by atoms with E-state index in [-0.39, 0.29) is 11.5 Å². The van der Waals surface area contributed by atoms with Crippen LogP contribution in [0.3, 0.4) is 0 Å². The Kier molecular flexibility index (Phi) is 4.43. The predicted octanol–water partition coefficient (Wildman–Crippen LogP) is 2.65. The summed E-state index contributed by atoms with van der Waals surface area (Å²) in [6.07, 6.45) is -4.76. The van der Waals surface area contributed by atoms with E-state index in [2.05, 4.69) is 4.74 Å². The first-order valence-corrected chi connectivity index (χ1v) is 5.26. The van der Waals surface area contributed by atoms with Gasteiger partial charge in [0, 0.05) is 0 Å². The summed E-state index contributed by atoms with van der Waals surface area (Å²) in [5, 5.41) is 8.37. The van der Waals surface area contributed by atoms with E-state index < -0.39 is 18.9 Å². The summed E-state index contributed by atoms with van der Waals surface area (Å²) in [5.74, 6) is -1.37. The highest BCUT2D eigenvalue weighted by Gasteiger charge is 2.31. The first-order chi connectivity index (χ1) is 7.78. The molecule has 8 heteroatoms. The van der Waals surface area contributed by atoms with Crippen molar-refractivity contribution in [3.05, 3.63) is 21.8 Å². The van der Waals surface area contributed by atoms with Crippen LogP contribution in [0.1, 0.15) is 0 Å². The Labute approximate surface area is 107 Å². The second-order valence-corrected chi connectivity index (χ2v) is 3.98. The normalized spacial score (nSPS) is 11.1. The van der Waals surface area contributed by atoms with Gasteiger partial charge >= 0.3 is 12.3 Å². The van der Waals surface area contributed by atoms with Crippen LogP contribution >= 0.6 is 22.6 Å². The maximum Gasteiger partial charge on any atom is 0.573 e. The average Bonchev–Trinajstić information content (AvgIpc) is 2.13. The van der Waals surface area contributed by atoms with Crippen LogP contribution < -0.4 is 9.47 Å². The van der Waals surface area contributed by atoms with Crippen LogP contribution in [0, 0.1) is 3.57 Å². The van der Waals surface area contributed by atoms with E-state index in [0.717, 1.165) is 12.1 Å². The maximum atomic E-state index is 11.9. The van der Waals surface area contributed by atoms with Crippen molar-refractivity contribution < 1.29 is 32.5 Å². The van der Waals surface area contributed by atoms with Gasteiger partial charge in [-0.1, -0.05) is 0 Å². The van der Waals surface area contributed by atoms with E-state index in [1.165, 1.54) is 6.07 Å². The average molecular weight is 362 g/mol. The van der Waals surface area contributed by atoms with Gasteiger partial charge in [0.25, 0.3) is 0 Å². The molecule has 0 aliphatic rings. The van der Waals surface area contributed by atoms with Gasteiger partial charge in [-0.05, 0) is 40.8 Å². The van der Waals surface area contributed by atoms with E-state index in [4.69, 9.17) is 9.84 Å². The summed E-state index contributed by atoms with van der Waals surface area (Å²) < 4.78 is 44.5. The lowest BCUT2D eigenvalue weighted by Gasteiger charge is -2.11. The number of halogens is 4. The van der Waals surface area contributed by atoms with Crippen molar-refractivity contribution in [3.63, 3.8) is 0 Å². The molecule has 94 valence electrons. The largest absolute Gasteiger partial charge is 0.573 e. The van der Waals surface area contributed by atoms with Crippen molar-refractivity contribution in [1.82, 2.24) is 0 Å². The Balaban J connectivity index is 2.76. The molecule has 0 atom stereocenters. The lowest BCUT2D eigenvalue weighted by Crippen LogP contribution is -2.17. The molecular weight excluding hydrogens is 356 g/mol. The first-order valence-electron chi connectivity index (χ1n) is 4.18. The minimum absolute atomic E-state index is 0.183. The lowest BCUT2D eigenvalue weighted by molar-refractivity contribution is -0.274. The molecule has 0 saturated heterocycles. The Morgan fingerprint density at radius 1 is 1.41 bits per heavy atom. The first kappa shape index (κ1) is 13.9. The van der Waals surface area contributed by atoms with Crippen molar-refractivity contribution in [1.29, 1.82) is 0 Å². The van der Waals surface area contributed by atoms with Gasteiger partial charge in [0.05, 0.1) is 3.57 Å². The minimum Gasteiger partial charge on any atom is -0.481 e. The number of ether oxygens (including phenoxy) is 2. The van der Waals surface area contributed by atoms with Gasteiger partial charge < -0.3 is 14.6 Å². The third-order valence-electron chi connectivity index (χ3n) is 1.49. The monoisotopic (exact) mass is 362 g/mol. The number of rotatable bonds is 4. The molecule has 0 radical (unpaired) electrons. The van der Waals surface area contributed by atoms with Gasteiger partial charge in [-0.25, -0.2) is 4.79 Å². The molecular formula is C9H6F3IO4. The fraction of sp³-hybridized carbons (Fsp3) is 0.222. The topological polar surface area (TPSA) is 55.8 Å². The number of hydrogen-bond acceptors (Lipinski definition) is 3. The van der Waals surface area contributed by atoms with Crippen LogP contribution in [0.4, 0.5) is 13.2 Å². The molecule has 1 aromatic rings. The number of aliphatic carboxylic acids is 1. The molecule has 0 amide bonds. The lowest BCUT2D eigenvalue weighted by atomic mass is 10.3. The second-order valence-electron chi connectivity index (χ2n) is 2.82. The number of carboxylic acids is 1. The number of carbonyl (C=O) groups is 1. The summed E-state index contributed by atoms with van der Waals surface area (Å²) in [5.41, 5.74) is 0. The highest BCUT2D eigenvalue weighted by molar-refractivity contribution is 14.1. The smallest absolute Gasteiger partial charge is 0.481 e. The summed E-state index contributed by atoms with van der Waals surface area (Å²) >= 11 is 1.72. The Bertz CT molecular complexity index is 419. The van der Waals surface area contributed by atoms with Gasteiger partial charge in [-0.3, -0.25) is 0 Å². The highest BCUT2D eigenvalue weighted by atomic mass is 127. The zero-order valence-electron chi connectivity index (χ0n) is 8.12. The van der Waals surface area contributed by atoms with E-state index in [1.54, 1.807) is 22.6 Å². The van der Waals surface area contributed by atoms with Gasteiger partial charge in [0.15, 0.2) is 6.61 Å². The Morgan fingerprint density at radius 3 is 2.53 bits per heavy atom. The Hall–Kier alpha value is -1.19. The van der Waals surface area contributed by atoms with E-state index >= 15 is 0 Å². The van der Waals surface area contributed by atoms with Gasteiger partial charge in [-0.15, -0.1) is 13.2 Å². The predicted molar refractivity (Wildman–Crippen MR) is 59.0 cm³/mol. The molecule has 1 N–H and O–H groups in total. The quantitative estimate of drug-likeness (QED) is 0.837. The number of alkyl halides is 3. The molecule has 0 saturated carbocycles. The molecule has 1 aromatic carbocycles. The van der Waals surface area contributed by atoms with Gasteiger partial charge in [0.1, 0.15) is 11.5 Å². The van der Waals surface area contributed by atoms with Crippen molar-refractivity contribution >= 4 is 28.6 Å². The molecule has 0 aliphatic heterocycles. The number of hydrogen-bond donors (Lipinski definition) is 1. The Morgan fingerprint density at radius 2 is 2.06 bits per heavy atom. The van der Waals surface area contributed by atoms with E-state index in [0.29, 0.717) is 3.57 Å². The van der Waals surface area contributed by atoms with E-state index in [1.807, 2.05) is 0 Å². The van der Waals surface area contributed by atoms with Crippen molar-refractivity contribution in [2.24, 2.45) is 0 Å². The van der Waals surface area contributed by atoms with Gasteiger partial charge in [-0.2, -0.15) is 0 Å². The molecule has 0 spiro atoms. The molecule has 17 heavy (non-hydrogen) atoms. The van der Waals surface area contributed by atoms with Crippen molar-refractivity contribution in [2.45, 2.75) is 6.36 Å². The summed E-state index contributed by atoms with van der Waals surface area (Å²) in [6, 6.07) is 3.36. The standard InChI is InChI=1S/C9H6F3IO4/c10-9(11,12)17-5-1-2-7(6(13)3-5)16-4-8(14)15/h1-3H,4H2,(H,14,15). The third-order valence-corrected chi connectivity index (χ3v) is 2.33. The molecule has 0 fully saturated rings. The fourth-order valence-corrected chi connectivity index (χ4v) is 1.58. The molecule has 1 rings (SSSR count). The molecule has 0 unspecified atom stereocenters. The van der Waals surface area contributed by atoms with Crippen LogP contribution in [-0.4, -0.2) is 24.0 Å². The highest BCUT2D eigenvalue weighted by Crippen LogP contribution is 2.29. The number of benzene rings is 1. The second kappa shape index (κ2) is 5.43. The van der Waals surface area contributed by atoms with Crippen LogP contribution in [-0.2, 0) is 4.79 Å². The summed E-state index contributed by atoms with van der Waals surface area (Å²) in [4.78, 5) is 10.2. The van der Waals surface area contributed by atoms with Crippen LogP contribution in [0.25, 0.3) is 0 Å². The van der Waals surface area contributed by atoms with Crippen LogP contribution in [0.2, 0.25) is 0 Å². The third kappa shape index (κ3) is 5.11. The molecule has 0 aliphatic carbocycles. The van der Waals surface area contributed by atoms with Crippen molar-refractivity contribution in [3.8, 4) is 11.5 Å². The zero-order chi connectivity index (χ0) is 13.1. The fourth-order valence-electron chi connectivity index (χ4n) is 0.935. The zero-order valence-corrected chi connectivity index (χ0v) is 10.3. The van der Waals surface area contributed by atoms with Crippen molar-refractivity contribution in [2.75, 3.05) is 6.61 Å². The van der Waals surface area contributed by atoms with Crippen LogP contribution in [0.15, 0.2) is 18.2 Å². The summed E-state index contributed by atoms with van der Waals surface area (Å²) in [7, 11) is 0. The van der Waals surface area contributed by atoms with E-state index in [9.17, 15) is 18.0 Å². The molecule has 0 aromatic heterocycles. The van der Waals surface area contributed by atoms with Gasteiger partial charge in [0.2, 0.25) is 0 Å². The molecule has 0 heterocycles. The SMILES string of the molecule is O=C(O)COc1ccc(OC(F)(F)F)cc1I. The summed E-state index contributed by atoms with van der Waals surface area (Å²) in [6.45, 7) is -0.560. The maximum absolute atomic E-state index is 11.9. The molecule has 4 nitrogen and oxygen atoms in total. The number of carboxylic acid groups (broad SMARTS) is 1.